The Morgan fingerprint density at radius 1 is 1.50 bits per heavy atom. The van der Waals surface area contributed by atoms with Crippen molar-refractivity contribution in [3.63, 3.8) is 0 Å². The lowest BCUT2D eigenvalue weighted by Gasteiger charge is -2.29. The van der Waals surface area contributed by atoms with Crippen molar-refractivity contribution in [3.05, 3.63) is 33.9 Å². The SMILES string of the molecule is COC(=O)c1sc(NCc2cccnc2N2CCOCC2)nc1Cl. The van der Waals surface area contributed by atoms with Gasteiger partial charge >= 0.3 is 5.97 Å². The molecule has 0 radical (unpaired) electrons. The molecule has 0 atom stereocenters. The van der Waals surface area contributed by atoms with Crippen LogP contribution in [0.5, 0.6) is 0 Å². The first kappa shape index (κ1) is 16.9. The summed E-state index contributed by atoms with van der Waals surface area (Å²) < 4.78 is 10.1. The lowest BCUT2D eigenvalue weighted by Crippen LogP contribution is -2.37. The van der Waals surface area contributed by atoms with E-state index < -0.39 is 5.97 Å². The van der Waals surface area contributed by atoms with Gasteiger partial charge in [0.25, 0.3) is 0 Å². The van der Waals surface area contributed by atoms with E-state index >= 15 is 0 Å². The monoisotopic (exact) mass is 368 g/mol. The molecular weight excluding hydrogens is 352 g/mol. The van der Waals surface area contributed by atoms with Crippen molar-refractivity contribution in [2.24, 2.45) is 0 Å². The summed E-state index contributed by atoms with van der Waals surface area (Å²) in [6, 6.07) is 3.91. The molecule has 1 aliphatic heterocycles. The second-order valence-corrected chi connectivity index (χ2v) is 6.43. The van der Waals surface area contributed by atoms with Crippen molar-refractivity contribution in [3.8, 4) is 0 Å². The summed E-state index contributed by atoms with van der Waals surface area (Å²) in [6.07, 6.45) is 1.78. The van der Waals surface area contributed by atoms with Gasteiger partial charge in [-0.1, -0.05) is 29.0 Å². The maximum Gasteiger partial charge on any atom is 0.351 e. The number of thiazole rings is 1. The molecule has 3 rings (SSSR count). The third-order valence-corrected chi connectivity index (χ3v) is 4.94. The minimum Gasteiger partial charge on any atom is -0.465 e. The van der Waals surface area contributed by atoms with E-state index in [1.165, 1.54) is 18.4 Å². The lowest BCUT2D eigenvalue weighted by atomic mass is 10.2. The van der Waals surface area contributed by atoms with Crippen molar-refractivity contribution in [2.75, 3.05) is 43.6 Å². The summed E-state index contributed by atoms with van der Waals surface area (Å²) in [5.41, 5.74) is 1.05. The fraction of sp³-hybridized carbons (Fsp3) is 0.400. The number of esters is 1. The molecule has 0 spiro atoms. The molecular formula is C15H17ClN4O3S. The third kappa shape index (κ3) is 3.77. The Labute approximate surface area is 148 Å². The Balaban J connectivity index is 1.72. The van der Waals surface area contributed by atoms with Gasteiger partial charge in [0.15, 0.2) is 15.2 Å². The number of rotatable bonds is 5. The molecule has 3 heterocycles. The standard InChI is InChI=1S/C15H17ClN4O3S/c1-22-14(21)11-12(16)19-15(24-11)18-9-10-3-2-4-17-13(10)20-5-7-23-8-6-20/h2-4H,5-9H2,1H3,(H,18,19). The minimum absolute atomic E-state index is 0.147. The summed E-state index contributed by atoms with van der Waals surface area (Å²) in [5.74, 6) is 0.449. The van der Waals surface area contributed by atoms with Gasteiger partial charge in [-0.25, -0.2) is 14.8 Å². The van der Waals surface area contributed by atoms with Crippen LogP contribution in [0.25, 0.3) is 0 Å². The number of methoxy groups -OCH3 is 1. The van der Waals surface area contributed by atoms with Crippen LogP contribution in [-0.4, -0.2) is 49.4 Å². The van der Waals surface area contributed by atoms with Crippen molar-refractivity contribution >= 4 is 39.9 Å². The number of pyridine rings is 1. The van der Waals surface area contributed by atoms with Gasteiger partial charge in [-0.3, -0.25) is 0 Å². The van der Waals surface area contributed by atoms with Crippen molar-refractivity contribution in [1.29, 1.82) is 0 Å². The molecule has 0 aromatic carbocycles. The van der Waals surface area contributed by atoms with Crippen molar-refractivity contribution < 1.29 is 14.3 Å². The smallest absolute Gasteiger partial charge is 0.351 e. The van der Waals surface area contributed by atoms with Crippen LogP contribution >= 0.6 is 22.9 Å². The normalized spacial score (nSPS) is 14.5. The number of morpholine rings is 1. The molecule has 1 saturated heterocycles. The second-order valence-electron chi connectivity index (χ2n) is 5.07. The van der Waals surface area contributed by atoms with Gasteiger partial charge in [0, 0.05) is 31.4 Å². The fourth-order valence-corrected chi connectivity index (χ4v) is 3.49. The zero-order chi connectivity index (χ0) is 16.9. The molecule has 0 amide bonds. The highest BCUT2D eigenvalue weighted by molar-refractivity contribution is 7.18. The molecule has 7 nitrogen and oxygen atoms in total. The zero-order valence-electron chi connectivity index (χ0n) is 13.1. The molecule has 0 aliphatic carbocycles. The van der Waals surface area contributed by atoms with Gasteiger partial charge in [0.2, 0.25) is 0 Å². The van der Waals surface area contributed by atoms with Gasteiger partial charge < -0.3 is 19.7 Å². The molecule has 1 N–H and O–H groups in total. The Kier molecular flexibility index (Phi) is 5.49. The topological polar surface area (TPSA) is 76.6 Å². The number of halogens is 1. The minimum atomic E-state index is -0.485. The fourth-order valence-electron chi connectivity index (χ4n) is 2.39. The summed E-state index contributed by atoms with van der Waals surface area (Å²) in [6.45, 7) is 3.58. The van der Waals surface area contributed by atoms with E-state index in [9.17, 15) is 4.79 Å². The van der Waals surface area contributed by atoms with Crippen LogP contribution in [0.3, 0.4) is 0 Å². The third-order valence-electron chi connectivity index (χ3n) is 3.56. The highest BCUT2D eigenvalue weighted by Crippen LogP contribution is 2.28. The largest absolute Gasteiger partial charge is 0.465 e. The molecule has 1 fully saturated rings. The van der Waals surface area contributed by atoms with Crippen molar-refractivity contribution in [2.45, 2.75) is 6.54 Å². The van der Waals surface area contributed by atoms with Crippen LogP contribution in [0.15, 0.2) is 18.3 Å². The zero-order valence-corrected chi connectivity index (χ0v) is 14.7. The summed E-state index contributed by atoms with van der Waals surface area (Å²) in [4.78, 5) is 22.7. The van der Waals surface area contributed by atoms with E-state index in [2.05, 4.69) is 24.9 Å². The van der Waals surface area contributed by atoms with Crippen LogP contribution in [0.1, 0.15) is 15.2 Å². The van der Waals surface area contributed by atoms with Gasteiger partial charge in [-0.05, 0) is 6.07 Å². The summed E-state index contributed by atoms with van der Waals surface area (Å²) >= 11 is 7.15. The first-order chi connectivity index (χ1) is 11.7. The van der Waals surface area contributed by atoms with Crippen LogP contribution in [0, 0.1) is 0 Å². The van der Waals surface area contributed by atoms with Crippen molar-refractivity contribution in [1.82, 2.24) is 9.97 Å². The quantitative estimate of drug-likeness (QED) is 0.812. The molecule has 9 heteroatoms. The summed E-state index contributed by atoms with van der Waals surface area (Å²) in [7, 11) is 1.32. The van der Waals surface area contributed by atoms with E-state index in [-0.39, 0.29) is 5.15 Å². The van der Waals surface area contributed by atoms with Crippen LogP contribution in [0.2, 0.25) is 5.15 Å². The first-order valence-electron chi connectivity index (χ1n) is 7.44. The molecule has 0 unspecified atom stereocenters. The number of ether oxygens (including phenoxy) is 2. The second kappa shape index (κ2) is 7.78. The predicted octanol–water partition coefficient (Wildman–Crippen LogP) is 2.43. The van der Waals surface area contributed by atoms with Gasteiger partial charge in [0.1, 0.15) is 5.82 Å². The van der Waals surface area contributed by atoms with Crippen LogP contribution < -0.4 is 10.2 Å². The number of hydrogen-bond donors (Lipinski definition) is 1. The number of carbonyl (C=O) groups excluding carboxylic acids is 1. The molecule has 2 aromatic heterocycles. The first-order valence-corrected chi connectivity index (χ1v) is 8.63. The van der Waals surface area contributed by atoms with Crippen LogP contribution in [0.4, 0.5) is 10.9 Å². The van der Waals surface area contributed by atoms with Gasteiger partial charge in [-0.2, -0.15) is 0 Å². The number of nitrogens with zero attached hydrogens (tertiary/aromatic N) is 3. The predicted molar refractivity (Wildman–Crippen MR) is 93.1 cm³/mol. The van der Waals surface area contributed by atoms with E-state index in [1.807, 2.05) is 12.1 Å². The number of anilines is 2. The van der Waals surface area contributed by atoms with E-state index in [0.29, 0.717) is 29.8 Å². The lowest BCUT2D eigenvalue weighted by molar-refractivity contribution is 0.0606. The molecule has 0 saturated carbocycles. The average molecular weight is 369 g/mol. The molecule has 128 valence electrons. The number of hydrogen-bond acceptors (Lipinski definition) is 8. The molecule has 0 bridgehead atoms. The van der Waals surface area contributed by atoms with Gasteiger partial charge in [0.05, 0.1) is 20.3 Å². The average Bonchev–Trinajstić information content (AvgIpc) is 3.01. The molecule has 24 heavy (non-hydrogen) atoms. The van der Waals surface area contributed by atoms with E-state index in [0.717, 1.165) is 24.5 Å². The van der Waals surface area contributed by atoms with E-state index in [1.54, 1.807) is 6.20 Å². The highest BCUT2D eigenvalue weighted by atomic mass is 35.5. The maximum atomic E-state index is 11.6. The Morgan fingerprint density at radius 3 is 3.04 bits per heavy atom. The van der Waals surface area contributed by atoms with Crippen LogP contribution in [-0.2, 0) is 16.0 Å². The van der Waals surface area contributed by atoms with Gasteiger partial charge in [-0.15, -0.1) is 0 Å². The number of nitrogens with one attached hydrogen (secondary N) is 1. The highest BCUT2D eigenvalue weighted by Gasteiger charge is 2.19. The Hall–Kier alpha value is -1.90. The number of aromatic nitrogens is 2. The summed E-state index contributed by atoms with van der Waals surface area (Å²) in [5, 5.41) is 3.91. The molecule has 2 aromatic rings. The maximum absolute atomic E-state index is 11.6. The Bertz CT molecular complexity index is 718. The molecule has 1 aliphatic rings. The van der Waals surface area contributed by atoms with E-state index in [4.69, 9.17) is 16.3 Å². The Morgan fingerprint density at radius 2 is 2.29 bits per heavy atom. The number of carbonyl (C=O) groups is 1.